The van der Waals surface area contributed by atoms with Crippen LogP contribution < -0.4 is 4.90 Å². The van der Waals surface area contributed by atoms with Crippen LogP contribution >= 0.6 is 22.6 Å². The van der Waals surface area contributed by atoms with Crippen molar-refractivity contribution < 1.29 is 23.2 Å². The summed E-state index contributed by atoms with van der Waals surface area (Å²) in [7, 11) is 0. The smallest absolute Gasteiger partial charge is 0.274 e. The topological polar surface area (TPSA) is 57.7 Å². The molecule has 2 rings (SSSR count). The van der Waals surface area contributed by atoms with Gasteiger partial charge in [0.05, 0.1) is 5.69 Å². The minimum absolute atomic E-state index is 0.263. The summed E-state index contributed by atoms with van der Waals surface area (Å²) in [5, 5.41) is 0. The summed E-state index contributed by atoms with van der Waals surface area (Å²) in [5.74, 6) is -2.60. The molecule has 1 aromatic carbocycles. The van der Waals surface area contributed by atoms with Crippen LogP contribution in [0.3, 0.4) is 0 Å². The maximum atomic E-state index is 13.8. The number of anilines is 1. The van der Waals surface area contributed by atoms with E-state index in [1.165, 1.54) is 12.1 Å². The molecule has 8 heteroatoms. The number of hydrogen-bond acceptors (Lipinski definition) is 3. The minimum Gasteiger partial charge on any atom is -0.274 e. The number of nitrogens with zero attached hydrogens (tertiary/aromatic N) is 2. The first-order valence-corrected chi connectivity index (χ1v) is 6.22. The molecule has 0 aliphatic carbocycles. The zero-order chi connectivity index (χ0) is 14.2. The van der Waals surface area contributed by atoms with Crippen LogP contribution in [0, 0.1) is 9.39 Å². The molecule has 0 spiro atoms. The monoisotopic (exact) mass is 380 g/mol. The van der Waals surface area contributed by atoms with Gasteiger partial charge in [0.2, 0.25) is 11.8 Å². The quantitative estimate of drug-likeness (QED) is 0.448. The Balaban J connectivity index is 2.45. The number of rotatable bonds is 2. The molecule has 1 saturated heterocycles. The number of imide groups is 2. The second kappa shape index (κ2) is 5.19. The van der Waals surface area contributed by atoms with Crippen molar-refractivity contribution in [3.63, 3.8) is 0 Å². The molecular formula is C11H7F2IN2O3. The molecule has 4 amide bonds. The van der Waals surface area contributed by atoms with E-state index in [0.29, 0.717) is 8.47 Å². The maximum absolute atomic E-state index is 13.8. The molecule has 1 aromatic rings. The van der Waals surface area contributed by atoms with Gasteiger partial charge in [-0.3, -0.25) is 9.59 Å². The summed E-state index contributed by atoms with van der Waals surface area (Å²) in [4.78, 5) is 35.5. The second-order valence-electron chi connectivity index (χ2n) is 3.73. The second-order valence-corrected chi connectivity index (χ2v) is 4.97. The Kier molecular flexibility index (Phi) is 3.78. The molecule has 0 radical (unpaired) electrons. The lowest BCUT2D eigenvalue weighted by Gasteiger charge is -2.30. The van der Waals surface area contributed by atoms with Gasteiger partial charge in [-0.05, 0) is 40.8 Å². The first-order valence-electron chi connectivity index (χ1n) is 5.14. The van der Waals surface area contributed by atoms with E-state index in [0.717, 1.165) is 6.07 Å². The number of amides is 4. The summed E-state index contributed by atoms with van der Waals surface area (Å²) >= 11 is 1.87. The van der Waals surface area contributed by atoms with E-state index in [1.54, 1.807) is 0 Å². The van der Waals surface area contributed by atoms with E-state index >= 15 is 0 Å². The van der Waals surface area contributed by atoms with Gasteiger partial charge in [-0.25, -0.2) is 23.4 Å². The van der Waals surface area contributed by atoms with Crippen molar-refractivity contribution in [3.8, 4) is 0 Å². The lowest BCUT2D eigenvalue weighted by atomic mass is 10.2. The Morgan fingerprint density at radius 2 is 1.89 bits per heavy atom. The van der Waals surface area contributed by atoms with Crippen LogP contribution in [-0.2, 0) is 9.59 Å². The van der Waals surface area contributed by atoms with Gasteiger partial charge in [-0.1, -0.05) is 0 Å². The highest BCUT2D eigenvalue weighted by Crippen LogP contribution is 2.26. The Bertz CT molecular complexity index is 579. The molecule has 0 saturated carbocycles. The highest BCUT2D eigenvalue weighted by Gasteiger charge is 2.39. The van der Waals surface area contributed by atoms with Gasteiger partial charge >= 0.3 is 6.03 Å². The first-order chi connectivity index (χ1) is 8.95. The van der Waals surface area contributed by atoms with E-state index in [-0.39, 0.29) is 10.6 Å². The Morgan fingerprint density at radius 1 is 1.21 bits per heavy atom. The molecule has 0 aromatic heterocycles. The molecule has 0 unspecified atom stereocenters. The van der Waals surface area contributed by atoms with E-state index in [2.05, 4.69) is 0 Å². The number of barbiturate groups is 1. The summed E-state index contributed by atoms with van der Waals surface area (Å²) in [5.41, 5.74) is -0.290. The van der Waals surface area contributed by atoms with Gasteiger partial charge in [-0.2, -0.15) is 0 Å². The van der Waals surface area contributed by atoms with Crippen molar-refractivity contribution in [1.29, 1.82) is 0 Å². The average Bonchev–Trinajstić information content (AvgIpc) is 2.31. The zero-order valence-electron chi connectivity index (χ0n) is 9.40. The fraction of sp³-hybridized carbons (Fsp3) is 0.182. The normalized spacial score (nSPS) is 16.3. The van der Waals surface area contributed by atoms with E-state index in [4.69, 9.17) is 0 Å². The molecule has 1 heterocycles. The molecule has 5 nitrogen and oxygen atoms in total. The number of halogens is 3. The van der Waals surface area contributed by atoms with Crippen molar-refractivity contribution in [3.05, 3.63) is 27.6 Å². The molecule has 1 aliphatic heterocycles. The van der Waals surface area contributed by atoms with Crippen LogP contribution in [0.2, 0.25) is 0 Å². The average molecular weight is 380 g/mol. The minimum atomic E-state index is -1.35. The molecule has 0 N–H and O–H groups in total. The van der Waals surface area contributed by atoms with Gasteiger partial charge < -0.3 is 0 Å². The van der Waals surface area contributed by atoms with E-state index in [9.17, 15) is 23.2 Å². The predicted octanol–water partition coefficient (Wildman–Crippen LogP) is 2.04. The summed E-state index contributed by atoms with van der Waals surface area (Å²) < 4.78 is 27.0. The number of benzene rings is 1. The van der Waals surface area contributed by atoms with Crippen molar-refractivity contribution in [2.24, 2.45) is 0 Å². The van der Waals surface area contributed by atoms with Crippen LogP contribution in [0.1, 0.15) is 6.42 Å². The first kappa shape index (κ1) is 13.8. The molecule has 0 atom stereocenters. The number of carbonyl (C=O) groups is 3. The van der Waals surface area contributed by atoms with Gasteiger partial charge in [0.1, 0.15) is 12.2 Å². The standard InChI is InChI=1S/C11H7F2IN2O3/c12-5-15-9(17)4-10(18)16(11(15)19)8-2-1-6(14)3-7(8)13/h1-3H,4-5H2. The van der Waals surface area contributed by atoms with Crippen LogP contribution in [-0.4, -0.2) is 29.5 Å². The number of alkyl halides is 1. The Morgan fingerprint density at radius 3 is 2.47 bits per heavy atom. The lowest BCUT2D eigenvalue weighted by molar-refractivity contribution is -0.136. The number of carbonyl (C=O) groups excluding carboxylic acids is 3. The van der Waals surface area contributed by atoms with Crippen LogP contribution in [0.4, 0.5) is 19.3 Å². The highest BCUT2D eigenvalue weighted by atomic mass is 127. The third-order valence-corrected chi connectivity index (χ3v) is 3.22. The highest BCUT2D eigenvalue weighted by molar-refractivity contribution is 14.1. The third-order valence-electron chi connectivity index (χ3n) is 2.55. The lowest BCUT2D eigenvalue weighted by Crippen LogP contribution is -2.55. The Labute approximate surface area is 120 Å². The molecular weight excluding hydrogens is 373 g/mol. The molecule has 0 bridgehead atoms. The van der Waals surface area contributed by atoms with Gasteiger partial charge in [0.15, 0.2) is 6.80 Å². The third kappa shape index (κ3) is 2.44. The summed E-state index contributed by atoms with van der Waals surface area (Å²) in [6, 6.07) is 2.69. The molecule has 1 aliphatic rings. The maximum Gasteiger partial charge on any atom is 0.340 e. The predicted molar refractivity (Wildman–Crippen MR) is 69.4 cm³/mol. The molecule has 1 fully saturated rings. The largest absolute Gasteiger partial charge is 0.340 e. The van der Waals surface area contributed by atoms with Gasteiger partial charge in [-0.15, -0.1) is 0 Å². The summed E-state index contributed by atoms with van der Waals surface area (Å²) in [6.45, 7) is -1.35. The SMILES string of the molecule is O=C1CC(=O)N(c2ccc(I)cc2F)C(=O)N1CF. The van der Waals surface area contributed by atoms with E-state index in [1.807, 2.05) is 22.6 Å². The van der Waals surface area contributed by atoms with Crippen molar-refractivity contribution >= 4 is 46.1 Å². The van der Waals surface area contributed by atoms with Crippen molar-refractivity contribution in [2.45, 2.75) is 6.42 Å². The van der Waals surface area contributed by atoms with Gasteiger partial charge in [0, 0.05) is 3.57 Å². The van der Waals surface area contributed by atoms with Crippen molar-refractivity contribution in [1.82, 2.24) is 4.90 Å². The zero-order valence-corrected chi connectivity index (χ0v) is 11.6. The van der Waals surface area contributed by atoms with Crippen LogP contribution in [0.5, 0.6) is 0 Å². The Hall–Kier alpha value is -1.58. The van der Waals surface area contributed by atoms with Crippen molar-refractivity contribution in [2.75, 3.05) is 11.7 Å². The van der Waals surface area contributed by atoms with Gasteiger partial charge in [0.25, 0.3) is 0 Å². The molecule has 19 heavy (non-hydrogen) atoms. The van der Waals surface area contributed by atoms with Crippen LogP contribution in [0.15, 0.2) is 18.2 Å². The summed E-state index contributed by atoms with van der Waals surface area (Å²) in [6.07, 6.45) is -0.666. The van der Waals surface area contributed by atoms with Crippen LogP contribution in [0.25, 0.3) is 0 Å². The fourth-order valence-electron chi connectivity index (χ4n) is 1.66. The number of hydrogen-bond donors (Lipinski definition) is 0. The number of urea groups is 1. The molecule has 100 valence electrons. The fourth-order valence-corrected chi connectivity index (χ4v) is 2.11. The van der Waals surface area contributed by atoms with E-state index < -0.39 is 36.9 Å².